The van der Waals surface area contributed by atoms with Gasteiger partial charge in [-0.25, -0.2) is 4.98 Å². The molecule has 0 saturated heterocycles. The lowest BCUT2D eigenvalue weighted by molar-refractivity contribution is 0.0945. The highest BCUT2D eigenvalue weighted by atomic mass is 32.1. The van der Waals surface area contributed by atoms with E-state index < -0.39 is 0 Å². The Kier molecular flexibility index (Phi) is 6.51. The first-order chi connectivity index (χ1) is 10.7. The molecular formula is C16H21N3O2S. The molecule has 0 atom stereocenters. The zero-order chi connectivity index (χ0) is 15.8. The Morgan fingerprint density at radius 1 is 1.36 bits per heavy atom. The molecule has 3 N–H and O–H groups in total. The second-order valence-electron chi connectivity index (χ2n) is 4.83. The van der Waals surface area contributed by atoms with E-state index in [1.165, 1.54) is 11.3 Å². The van der Waals surface area contributed by atoms with Crippen molar-refractivity contribution in [3.63, 3.8) is 0 Å². The van der Waals surface area contributed by atoms with E-state index in [0.717, 1.165) is 29.2 Å². The molecule has 1 aromatic carbocycles. The van der Waals surface area contributed by atoms with Crippen molar-refractivity contribution in [2.75, 3.05) is 6.61 Å². The number of ether oxygens (including phenoxy) is 1. The minimum absolute atomic E-state index is 0.180. The molecule has 0 radical (unpaired) electrons. The van der Waals surface area contributed by atoms with E-state index >= 15 is 0 Å². The van der Waals surface area contributed by atoms with Gasteiger partial charge < -0.3 is 15.8 Å². The normalized spacial score (nSPS) is 10.6. The lowest BCUT2D eigenvalue weighted by Crippen LogP contribution is -2.24. The molecule has 0 fully saturated rings. The molecule has 1 amide bonds. The van der Waals surface area contributed by atoms with Crippen LogP contribution in [0, 0.1) is 0 Å². The molecule has 0 unspecified atom stereocenters. The molecule has 0 aliphatic heterocycles. The molecule has 22 heavy (non-hydrogen) atoms. The molecule has 0 spiro atoms. The molecule has 6 heteroatoms. The van der Waals surface area contributed by atoms with E-state index in [4.69, 9.17) is 10.5 Å². The molecule has 0 bridgehead atoms. The molecule has 2 aromatic rings. The number of nitrogens with one attached hydrogen (secondary N) is 1. The first kappa shape index (κ1) is 16.6. The lowest BCUT2D eigenvalue weighted by Gasteiger charge is -2.10. The third-order valence-corrected chi connectivity index (χ3v) is 3.99. The first-order valence-electron chi connectivity index (χ1n) is 7.31. The number of hydrogen-bond acceptors (Lipinski definition) is 5. The average Bonchev–Trinajstić information content (AvgIpc) is 3.03. The Labute approximate surface area is 134 Å². The van der Waals surface area contributed by atoms with Gasteiger partial charge in [-0.15, -0.1) is 11.3 Å². The largest absolute Gasteiger partial charge is 0.377 e. The summed E-state index contributed by atoms with van der Waals surface area (Å²) in [6.45, 7) is 4.19. The number of nitrogens with zero attached hydrogens (tertiary/aromatic N) is 1. The van der Waals surface area contributed by atoms with Gasteiger partial charge in [0.1, 0.15) is 10.7 Å². The number of benzene rings is 1. The van der Waals surface area contributed by atoms with Crippen LogP contribution in [0.3, 0.4) is 0 Å². The first-order valence-corrected chi connectivity index (χ1v) is 8.19. The van der Waals surface area contributed by atoms with Gasteiger partial charge in [0, 0.05) is 25.1 Å². The summed E-state index contributed by atoms with van der Waals surface area (Å²) in [6, 6.07) is 7.95. The van der Waals surface area contributed by atoms with E-state index in [-0.39, 0.29) is 5.91 Å². The Morgan fingerprint density at radius 2 is 2.14 bits per heavy atom. The fourth-order valence-electron chi connectivity index (χ4n) is 1.97. The van der Waals surface area contributed by atoms with Crippen molar-refractivity contribution < 1.29 is 9.53 Å². The van der Waals surface area contributed by atoms with Crippen molar-refractivity contribution in [1.82, 2.24) is 10.3 Å². The van der Waals surface area contributed by atoms with Gasteiger partial charge in [-0.3, -0.25) is 4.79 Å². The van der Waals surface area contributed by atoms with Gasteiger partial charge in [-0.2, -0.15) is 0 Å². The molecule has 0 saturated carbocycles. The third-order valence-electron chi connectivity index (χ3n) is 3.12. The summed E-state index contributed by atoms with van der Waals surface area (Å²) in [4.78, 5) is 16.3. The SMILES string of the molecule is CCCOCc1ccccc1CNC(=O)c1csc(CN)n1. The smallest absolute Gasteiger partial charge is 0.271 e. The van der Waals surface area contributed by atoms with E-state index in [2.05, 4.69) is 17.2 Å². The van der Waals surface area contributed by atoms with Crippen LogP contribution in [0.5, 0.6) is 0 Å². The summed E-state index contributed by atoms with van der Waals surface area (Å²) >= 11 is 1.40. The maximum absolute atomic E-state index is 12.1. The molecule has 2 rings (SSSR count). The van der Waals surface area contributed by atoms with Gasteiger partial charge in [0.15, 0.2) is 0 Å². The average molecular weight is 319 g/mol. The highest BCUT2D eigenvalue weighted by molar-refractivity contribution is 7.09. The standard InChI is InChI=1S/C16H21N3O2S/c1-2-7-21-10-13-6-4-3-5-12(13)9-18-16(20)14-11-22-15(8-17)19-14/h3-6,11H,2,7-10,17H2,1H3,(H,18,20). The quantitative estimate of drug-likeness (QED) is 0.733. The van der Waals surface area contributed by atoms with Crippen LogP contribution in [0.25, 0.3) is 0 Å². The summed E-state index contributed by atoms with van der Waals surface area (Å²) in [5.74, 6) is -0.180. The van der Waals surface area contributed by atoms with Crippen molar-refractivity contribution in [2.45, 2.75) is 33.0 Å². The number of thiazole rings is 1. The minimum Gasteiger partial charge on any atom is -0.377 e. The molecule has 118 valence electrons. The van der Waals surface area contributed by atoms with Crippen LogP contribution in [-0.4, -0.2) is 17.5 Å². The Bertz CT molecular complexity index is 613. The van der Waals surface area contributed by atoms with Gasteiger partial charge in [0.05, 0.1) is 6.61 Å². The van der Waals surface area contributed by atoms with Crippen LogP contribution in [0.15, 0.2) is 29.6 Å². The Morgan fingerprint density at radius 3 is 2.82 bits per heavy atom. The molecule has 5 nitrogen and oxygen atoms in total. The lowest BCUT2D eigenvalue weighted by atomic mass is 10.1. The summed E-state index contributed by atoms with van der Waals surface area (Å²) in [7, 11) is 0. The number of carbonyl (C=O) groups is 1. The van der Waals surface area contributed by atoms with Crippen LogP contribution in [0.2, 0.25) is 0 Å². The fourth-order valence-corrected chi connectivity index (χ4v) is 2.63. The van der Waals surface area contributed by atoms with Gasteiger partial charge in [0.25, 0.3) is 5.91 Å². The highest BCUT2D eigenvalue weighted by Gasteiger charge is 2.10. The van der Waals surface area contributed by atoms with E-state index in [0.29, 0.717) is 25.4 Å². The summed E-state index contributed by atoms with van der Waals surface area (Å²) in [5, 5.41) is 5.38. The maximum Gasteiger partial charge on any atom is 0.271 e. The maximum atomic E-state index is 12.1. The zero-order valence-corrected chi connectivity index (χ0v) is 13.5. The van der Waals surface area contributed by atoms with Crippen LogP contribution < -0.4 is 11.1 Å². The molecule has 1 heterocycles. The predicted molar refractivity (Wildman–Crippen MR) is 87.6 cm³/mol. The number of carbonyl (C=O) groups excluding carboxylic acids is 1. The predicted octanol–water partition coefficient (Wildman–Crippen LogP) is 2.46. The summed E-state index contributed by atoms with van der Waals surface area (Å²) in [5.41, 5.74) is 8.08. The number of aromatic nitrogens is 1. The number of hydrogen-bond donors (Lipinski definition) is 2. The number of amides is 1. The Balaban J connectivity index is 1.94. The summed E-state index contributed by atoms with van der Waals surface area (Å²) < 4.78 is 5.58. The topological polar surface area (TPSA) is 77.2 Å². The van der Waals surface area contributed by atoms with Crippen molar-refractivity contribution in [2.24, 2.45) is 5.73 Å². The molecule has 1 aromatic heterocycles. The second-order valence-corrected chi connectivity index (χ2v) is 5.78. The third kappa shape index (κ3) is 4.62. The van der Waals surface area contributed by atoms with Crippen LogP contribution in [0.4, 0.5) is 0 Å². The minimum atomic E-state index is -0.180. The van der Waals surface area contributed by atoms with Crippen molar-refractivity contribution in [3.05, 3.63) is 51.5 Å². The molecular weight excluding hydrogens is 298 g/mol. The van der Waals surface area contributed by atoms with Gasteiger partial charge in [-0.05, 0) is 17.5 Å². The second kappa shape index (κ2) is 8.63. The highest BCUT2D eigenvalue weighted by Crippen LogP contribution is 2.12. The van der Waals surface area contributed by atoms with Gasteiger partial charge in [0.2, 0.25) is 0 Å². The van der Waals surface area contributed by atoms with E-state index in [9.17, 15) is 4.79 Å². The van der Waals surface area contributed by atoms with Crippen LogP contribution in [0.1, 0.15) is 40.0 Å². The van der Waals surface area contributed by atoms with Crippen LogP contribution in [-0.2, 0) is 24.4 Å². The molecule has 0 aliphatic rings. The van der Waals surface area contributed by atoms with E-state index in [1.54, 1.807) is 5.38 Å². The van der Waals surface area contributed by atoms with Crippen molar-refractivity contribution in [1.29, 1.82) is 0 Å². The van der Waals surface area contributed by atoms with Gasteiger partial charge in [-0.1, -0.05) is 31.2 Å². The monoisotopic (exact) mass is 319 g/mol. The number of nitrogens with two attached hydrogens (primary N) is 1. The van der Waals surface area contributed by atoms with Crippen molar-refractivity contribution in [3.8, 4) is 0 Å². The zero-order valence-electron chi connectivity index (χ0n) is 12.7. The summed E-state index contributed by atoms with van der Waals surface area (Å²) in [6.07, 6.45) is 0.992. The van der Waals surface area contributed by atoms with Crippen LogP contribution >= 0.6 is 11.3 Å². The Hall–Kier alpha value is -1.76. The fraction of sp³-hybridized carbons (Fsp3) is 0.375. The van der Waals surface area contributed by atoms with Gasteiger partial charge >= 0.3 is 0 Å². The van der Waals surface area contributed by atoms with Crippen molar-refractivity contribution >= 4 is 17.2 Å². The van der Waals surface area contributed by atoms with E-state index in [1.807, 2.05) is 24.3 Å². The molecule has 0 aliphatic carbocycles. The number of rotatable bonds is 8.